The molecule has 4 rings (SSSR count). The maximum Gasteiger partial charge on any atom is 0.414 e. The summed E-state index contributed by atoms with van der Waals surface area (Å²) in [6.45, 7) is 6.64. The normalized spacial score (nSPS) is 21.3. The van der Waals surface area contributed by atoms with Crippen molar-refractivity contribution in [1.29, 1.82) is 0 Å². The number of carbonyl (C=O) groups is 1. The van der Waals surface area contributed by atoms with E-state index in [1.807, 2.05) is 17.9 Å². The number of halogens is 1. The fraction of sp³-hybridized carbons (Fsp3) is 0.350. The summed E-state index contributed by atoms with van der Waals surface area (Å²) in [5.74, 6) is 0.459. The summed E-state index contributed by atoms with van der Waals surface area (Å²) in [5.41, 5.74) is 2.24. The number of aromatic nitrogens is 1. The van der Waals surface area contributed by atoms with Crippen LogP contribution in [0.3, 0.4) is 0 Å². The second kappa shape index (κ2) is 7.29. The molecule has 2 aromatic rings. The molecule has 2 aliphatic heterocycles. The van der Waals surface area contributed by atoms with Crippen molar-refractivity contribution in [3.8, 4) is 11.1 Å². The number of ether oxygens (including phenoxy) is 1. The van der Waals surface area contributed by atoms with Gasteiger partial charge in [-0.2, -0.15) is 0 Å². The third kappa shape index (κ3) is 3.91. The Bertz CT molecular complexity index is 1060. The van der Waals surface area contributed by atoms with Crippen LogP contribution in [-0.4, -0.2) is 56.7 Å². The largest absolute Gasteiger partial charge is 0.444 e. The Labute approximate surface area is 169 Å². The summed E-state index contributed by atoms with van der Waals surface area (Å²) < 4.78 is 43.0. The molecule has 1 unspecified atom stereocenters. The van der Waals surface area contributed by atoms with Crippen LogP contribution in [0.5, 0.6) is 0 Å². The predicted molar refractivity (Wildman–Crippen MR) is 108 cm³/mol. The molecule has 2 fully saturated rings. The average molecular weight is 418 g/mol. The number of cyclic esters (lactones) is 1. The first-order valence-electron chi connectivity index (χ1n) is 9.27. The lowest BCUT2D eigenvalue weighted by atomic mass is 10.0. The predicted octanol–water partition coefficient (Wildman–Crippen LogP) is 2.59. The van der Waals surface area contributed by atoms with Crippen molar-refractivity contribution in [2.24, 2.45) is 0 Å². The Morgan fingerprint density at radius 3 is 2.55 bits per heavy atom. The van der Waals surface area contributed by atoms with Gasteiger partial charge in [-0.3, -0.25) is 4.90 Å². The van der Waals surface area contributed by atoms with E-state index in [0.29, 0.717) is 35.7 Å². The van der Waals surface area contributed by atoms with E-state index in [0.717, 1.165) is 5.56 Å². The molecule has 1 aromatic heterocycles. The molecule has 1 radical (unpaired) electrons. The zero-order valence-electron chi connectivity index (χ0n) is 16.0. The fourth-order valence-electron chi connectivity index (χ4n) is 3.61. The maximum atomic E-state index is 14.8. The summed E-state index contributed by atoms with van der Waals surface area (Å²) >= 11 is 0. The molecule has 2 aliphatic rings. The Kier molecular flexibility index (Phi) is 4.94. The lowest BCUT2D eigenvalue weighted by Crippen LogP contribution is -2.41. The van der Waals surface area contributed by atoms with Crippen molar-refractivity contribution in [1.82, 2.24) is 4.98 Å². The molecule has 0 spiro atoms. The van der Waals surface area contributed by atoms with Crippen LogP contribution in [0.25, 0.3) is 11.1 Å². The van der Waals surface area contributed by atoms with Gasteiger partial charge in [0.1, 0.15) is 17.7 Å². The van der Waals surface area contributed by atoms with E-state index in [1.165, 1.54) is 11.0 Å². The second-order valence-corrected chi connectivity index (χ2v) is 9.59. The van der Waals surface area contributed by atoms with Gasteiger partial charge in [-0.25, -0.2) is 22.6 Å². The molecular weight excluding hydrogens is 397 g/mol. The van der Waals surface area contributed by atoms with Gasteiger partial charge < -0.3 is 9.64 Å². The van der Waals surface area contributed by atoms with Crippen molar-refractivity contribution in [3.63, 3.8) is 0 Å². The van der Waals surface area contributed by atoms with E-state index in [4.69, 9.17) is 4.74 Å². The molecule has 1 atom stereocenters. The van der Waals surface area contributed by atoms with E-state index >= 15 is 0 Å². The van der Waals surface area contributed by atoms with E-state index in [9.17, 15) is 17.6 Å². The Hall–Kier alpha value is -2.68. The average Bonchev–Trinajstić information content (AvgIpc) is 3.00. The highest BCUT2D eigenvalue weighted by Gasteiger charge is 2.30. The van der Waals surface area contributed by atoms with Crippen molar-refractivity contribution in [2.75, 3.05) is 40.9 Å². The smallest absolute Gasteiger partial charge is 0.414 e. The summed E-state index contributed by atoms with van der Waals surface area (Å²) in [6.07, 6.45) is 0.566. The zero-order valence-corrected chi connectivity index (χ0v) is 16.8. The molecule has 29 heavy (non-hydrogen) atoms. The zero-order chi connectivity index (χ0) is 20.8. The summed E-state index contributed by atoms with van der Waals surface area (Å²) in [7, 11) is -2.97. The fourth-order valence-corrected chi connectivity index (χ4v) is 4.81. The van der Waals surface area contributed by atoms with Crippen molar-refractivity contribution in [3.05, 3.63) is 48.8 Å². The van der Waals surface area contributed by atoms with Crippen LogP contribution in [0.1, 0.15) is 5.56 Å². The molecule has 0 bridgehead atoms. The van der Waals surface area contributed by atoms with Gasteiger partial charge in [0.25, 0.3) is 0 Å². The number of benzene rings is 1. The van der Waals surface area contributed by atoms with Crippen molar-refractivity contribution in [2.45, 2.75) is 13.0 Å². The van der Waals surface area contributed by atoms with Gasteiger partial charge in [0, 0.05) is 30.4 Å². The third-order valence-electron chi connectivity index (χ3n) is 5.14. The number of aryl methyl sites for hydroxylation is 1. The number of rotatable bonds is 3. The summed E-state index contributed by atoms with van der Waals surface area (Å²) in [6, 6.07) is 6.40. The van der Waals surface area contributed by atoms with Gasteiger partial charge in [0.05, 0.1) is 23.7 Å². The van der Waals surface area contributed by atoms with Crippen molar-refractivity contribution < 1.29 is 22.3 Å². The molecule has 9 heteroatoms. The molecular formula is C20H21FN3O4S. The lowest BCUT2D eigenvalue weighted by molar-refractivity contribution is 0.159. The summed E-state index contributed by atoms with van der Waals surface area (Å²) in [4.78, 5) is 19.6. The Balaban J connectivity index is 1.57. The van der Waals surface area contributed by atoms with Gasteiger partial charge in [0.2, 0.25) is 0 Å². The molecule has 3 heterocycles. The Morgan fingerprint density at radius 2 is 1.97 bits per heavy atom. The third-order valence-corrected chi connectivity index (χ3v) is 6.75. The second-order valence-electron chi connectivity index (χ2n) is 7.28. The number of hydrogen-bond donors (Lipinski definition) is 0. The number of anilines is 2. The van der Waals surface area contributed by atoms with E-state index < -0.39 is 27.9 Å². The number of pyridine rings is 1. The minimum atomic E-state index is -2.97. The first-order chi connectivity index (χ1) is 13.7. The molecule has 0 N–H and O–H groups in total. The van der Waals surface area contributed by atoms with E-state index in [-0.39, 0.29) is 18.1 Å². The van der Waals surface area contributed by atoms with Gasteiger partial charge in [0.15, 0.2) is 9.84 Å². The minimum absolute atomic E-state index is 0.110. The molecule has 2 saturated heterocycles. The number of hydrogen-bond acceptors (Lipinski definition) is 6. The highest BCUT2D eigenvalue weighted by molar-refractivity contribution is 7.91. The molecule has 0 saturated carbocycles. The summed E-state index contributed by atoms with van der Waals surface area (Å²) in [5, 5.41) is 0. The number of carbonyl (C=O) groups excluding carboxylic acids is 1. The number of nitrogens with zero attached hydrogens (tertiary/aromatic N) is 3. The van der Waals surface area contributed by atoms with E-state index in [2.05, 4.69) is 11.9 Å². The van der Waals surface area contributed by atoms with E-state index in [1.54, 1.807) is 18.3 Å². The molecule has 7 nitrogen and oxygen atoms in total. The van der Waals surface area contributed by atoms with Crippen LogP contribution in [0, 0.1) is 19.7 Å². The van der Waals surface area contributed by atoms with Crippen LogP contribution in [0.2, 0.25) is 0 Å². The van der Waals surface area contributed by atoms with Gasteiger partial charge in [-0.05, 0) is 43.7 Å². The van der Waals surface area contributed by atoms with Gasteiger partial charge in [-0.15, -0.1) is 0 Å². The quantitative estimate of drug-likeness (QED) is 0.762. The molecule has 1 aromatic carbocycles. The van der Waals surface area contributed by atoms with Crippen LogP contribution in [0.15, 0.2) is 30.5 Å². The minimum Gasteiger partial charge on any atom is -0.444 e. The van der Waals surface area contributed by atoms with Crippen molar-refractivity contribution >= 4 is 27.4 Å². The van der Waals surface area contributed by atoms with Gasteiger partial charge >= 0.3 is 6.09 Å². The van der Waals surface area contributed by atoms with Crippen LogP contribution in [-0.2, 0) is 14.6 Å². The molecule has 0 aliphatic carbocycles. The van der Waals surface area contributed by atoms with Gasteiger partial charge in [-0.1, -0.05) is 0 Å². The topological polar surface area (TPSA) is 79.8 Å². The SMILES string of the molecule is [CH2]C1CN(c2ccc(-c3cnc(N4CCS(=O)(=O)CC4)c(C)c3)c(F)c2)C(=O)O1. The molecule has 153 valence electrons. The highest BCUT2D eigenvalue weighted by atomic mass is 32.2. The standard InChI is InChI=1S/C20H21FN3O4S/c1-13-9-15(11-22-19(13)23-5-7-29(26,27)8-6-23)17-4-3-16(10-18(17)21)24-12-14(2)28-20(24)25/h3-4,9-11,14H,2,5-8,12H2,1H3. The first kappa shape index (κ1) is 19.6. The number of sulfone groups is 1. The number of amides is 1. The van der Waals surface area contributed by atoms with Crippen LogP contribution >= 0.6 is 0 Å². The monoisotopic (exact) mass is 418 g/mol. The highest BCUT2D eigenvalue weighted by Crippen LogP contribution is 2.31. The van der Waals surface area contributed by atoms with Crippen LogP contribution < -0.4 is 9.80 Å². The first-order valence-corrected chi connectivity index (χ1v) is 11.1. The van der Waals surface area contributed by atoms with Crippen LogP contribution in [0.4, 0.5) is 20.7 Å². The Morgan fingerprint density at radius 1 is 1.24 bits per heavy atom. The lowest BCUT2D eigenvalue weighted by Gasteiger charge is -2.29. The maximum absolute atomic E-state index is 14.8. The molecule has 1 amide bonds.